The maximum atomic E-state index is 12.3. The molecule has 2 amide bonds. The summed E-state index contributed by atoms with van der Waals surface area (Å²) in [4.78, 5) is 33.7. The zero-order valence-electron chi connectivity index (χ0n) is 12.6. The molecule has 9 heteroatoms. The largest absolute Gasteiger partial charge is 0.375 e. The van der Waals surface area contributed by atoms with Gasteiger partial charge in [0.25, 0.3) is 5.91 Å². The lowest BCUT2D eigenvalue weighted by Gasteiger charge is -2.19. The highest BCUT2D eigenvalue weighted by atomic mass is 32.1. The van der Waals surface area contributed by atoms with Crippen LogP contribution in [0.15, 0.2) is 11.6 Å². The fourth-order valence-electron chi connectivity index (χ4n) is 2.62. The van der Waals surface area contributed by atoms with E-state index >= 15 is 0 Å². The van der Waals surface area contributed by atoms with E-state index in [9.17, 15) is 9.59 Å². The van der Waals surface area contributed by atoms with Crippen LogP contribution in [0.2, 0.25) is 0 Å². The van der Waals surface area contributed by atoms with Crippen molar-refractivity contribution in [2.75, 3.05) is 18.8 Å². The lowest BCUT2D eigenvalue weighted by molar-refractivity contribution is -0.131. The molecule has 0 spiro atoms. The number of hydrogen-bond donors (Lipinski definition) is 2. The molecule has 23 heavy (non-hydrogen) atoms. The zero-order chi connectivity index (χ0) is 16.4. The molecule has 0 aromatic carbocycles. The third-order valence-electron chi connectivity index (χ3n) is 3.84. The molecule has 2 aromatic heterocycles. The predicted molar refractivity (Wildman–Crippen MR) is 85.9 cm³/mol. The van der Waals surface area contributed by atoms with Crippen LogP contribution < -0.4 is 11.5 Å². The number of carbonyl (C=O) groups is 2. The van der Waals surface area contributed by atoms with Gasteiger partial charge in [0.2, 0.25) is 5.91 Å². The van der Waals surface area contributed by atoms with E-state index in [-0.39, 0.29) is 11.6 Å². The summed E-state index contributed by atoms with van der Waals surface area (Å²) in [5, 5.41) is 2.41. The monoisotopic (exact) mass is 334 g/mol. The molecule has 0 saturated carbocycles. The maximum absolute atomic E-state index is 12.3. The smallest absolute Gasteiger partial charge is 0.268 e. The Morgan fingerprint density at radius 1 is 1.26 bits per heavy atom. The highest BCUT2D eigenvalue weighted by Gasteiger charge is 2.21. The topological polar surface area (TPSA) is 120 Å². The highest BCUT2D eigenvalue weighted by molar-refractivity contribution is 7.13. The Morgan fingerprint density at radius 3 is 2.78 bits per heavy atom. The van der Waals surface area contributed by atoms with E-state index in [0.29, 0.717) is 44.0 Å². The van der Waals surface area contributed by atoms with E-state index in [1.807, 2.05) is 14.8 Å². The molecule has 0 atom stereocenters. The van der Waals surface area contributed by atoms with E-state index in [1.54, 1.807) is 6.20 Å². The SMILES string of the molecule is NC(=O)c1cn2c(n1)CCN(C(=O)CCc1csc(N)n1)CC2. The standard InChI is InChI=1S/C14H18N6O2S/c15-13(22)10-7-20-6-5-19(4-3-11(20)18-10)12(21)2-1-9-8-23-14(16)17-9/h7-8H,1-6H2,(H2,15,22)(H2,16,17). The van der Waals surface area contributed by atoms with E-state index in [0.717, 1.165) is 11.5 Å². The van der Waals surface area contributed by atoms with Gasteiger partial charge in [-0.15, -0.1) is 11.3 Å². The second-order valence-electron chi connectivity index (χ2n) is 5.41. The van der Waals surface area contributed by atoms with Crippen molar-refractivity contribution in [2.45, 2.75) is 25.8 Å². The molecule has 0 radical (unpaired) electrons. The quantitative estimate of drug-likeness (QED) is 0.818. The van der Waals surface area contributed by atoms with Crippen LogP contribution in [-0.4, -0.2) is 44.3 Å². The van der Waals surface area contributed by atoms with Crippen molar-refractivity contribution in [2.24, 2.45) is 5.73 Å². The number of aryl methyl sites for hydroxylation is 1. The molecule has 8 nitrogen and oxygen atoms in total. The number of thiazole rings is 1. The first-order chi connectivity index (χ1) is 11.0. The van der Waals surface area contributed by atoms with Crippen LogP contribution >= 0.6 is 11.3 Å². The Balaban J connectivity index is 1.57. The summed E-state index contributed by atoms with van der Waals surface area (Å²) in [6.45, 7) is 1.80. The highest BCUT2D eigenvalue weighted by Crippen LogP contribution is 2.14. The van der Waals surface area contributed by atoms with Gasteiger partial charge in [-0.25, -0.2) is 9.97 Å². The van der Waals surface area contributed by atoms with Gasteiger partial charge in [0.1, 0.15) is 11.5 Å². The molecule has 4 N–H and O–H groups in total. The van der Waals surface area contributed by atoms with Crippen molar-refractivity contribution < 1.29 is 9.59 Å². The minimum absolute atomic E-state index is 0.0949. The van der Waals surface area contributed by atoms with Crippen molar-refractivity contribution in [3.63, 3.8) is 0 Å². The lowest BCUT2D eigenvalue weighted by Crippen LogP contribution is -2.33. The number of hydrogen-bond acceptors (Lipinski definition) is 6. The number of carbonyl (C=O) groups excluding carboxylic acids is 2. The minimum atomic E-state index is -0.527. The molecule has 0 saturated heterocycles. The molecule has 2 aromatic rings. The van der Waals surface area contributed by atoms with Crippen LogP contribution in [0.25, 0.3) is 0 Å². The molecule has 0 aliphatic carbocycles. The van der Waals surface area contributed by atoms with Crippen LogP contribution in [0.1, 0.15) is 28.4 Å². The van der Waals surface area contributed by atoms with Gasteiger partial charge in [-0.05, 0) is 6.42 Å². The predicted octanol–water partition coefficient (Wildman–Crippen LogP) is 0.0382. The fourth-order valence-corrected chi connectivity index (χ4v) is 3.22. The second kappa shape index (κ2) is 6.37. The summed E-state index contributed by atoms with van der Waals surface area (Å²) in [6, 6.07) is 0. The van der Waals surface area contributed by atoms with Crippen molar-refractivity contribution in [3.8, 4) is 0 Å². The van der Waals surface area contributed by atoms with Gasteiger partial charge < -0.3 is 20.9 Å². The fraction of sp³-hybridized carbons (Fsp3) is 0.429. The van der Waals surface area contributed by atoms with Gasteiger partial charge >= 0.3 is 0 Å². The normalized spacial score (nSPS) is 14.3. The molecule has 1 aliphatic heterocycles. The Kier molecular flexibility index (Phi) is 4.28. The van der Waals surface area contributed by atoms with Gasteiger partial charge in [0, 0.05) is 44.1 Å². The zero-order valence-corrected chi connectivity index (χ0v) is 13.4. The summed E-state index contributed by atoms with van der Waals surface area (Å²) >= 11 is 1.38. The van der Waals surface area contributed by atoms with E-state index < -0.39 is 5.91 Å². The molecule has 0 bridgehead atoms. The summed E-state index contributed by atoms with van der Waals surface area (Å²) in [7, 11) is 0. The van der Waals surface area contributed by atoms with Gasteiger partial charge in [-0.1, -0.05) is 0 Å². The van der Waals surface area contributed by atoms with Gasteiger partial charge in [0.15, 0.2) is 5.13 Å². The van der Waals surface area contributed by atoms with E-state index in [1.165, 1.54) is 11.3 Å². The van der Waals surface area contributed by atoms with Gasteiger partial charge in [-0.3, -0.25) is 9.59 Å². The number of nitrogens with zero attached hydrogens (tertiary/aromatic N) is 4. The summed E-state index contributed by atoms with van der Waals surface area (Å²) < 4.78 is 1.90. The minimum Gasteiger partial charge on any atom is -0.375 e. The average Bonchev–Trinajstić information content (AvgIpc) is 3.07. The average molecular weight is 334 g/mol. The van der Waals surface area contributed by atoms with Crippen molar-refractivity contribution >= 4 is 28.3 Å². The van der Waals surface area contributed by atoms with Crippen LogP contribution in [0.3, 0.4) is 0 Å². The summed E-state index contributed by atoms with van der Waals surface area (Å²) in [6.07, 6.45) is 3.28. The second-order valence-corrected chi connectivity index (χ2v) is 6.30. The summed E-state index contributed by atoms with van der Waals surface area (Å²) in [5.41, 5.74) is 12.0. The Bertz CT molecular complexity index is 712. The molecule has 3 heterocycles. The van der Waals surface area contributed by atoms with Crippen LogP contribution in [0.4, 0.5) is 5.13 Å². The van der Waals surface area contributed by atoms with Gasteiger partial charge in [-0.2, -0.15) is 0 Å². The lowest BCUT2D eigenvalue weighted by atomic mass is 10.2. The van der Waals surface area contributed by atoms with Crippen LogP contribution in [-0.2, 0) is 24.2 Å². The number of aromatic nitrogens is 3. The number of rotatable bonds is 4. The number of primary amides is 1. The molecule has 0 unspecified atom stereocenters. The number of nitrogens with two attached hydrogens (primary N) is 2. The number of nitrogen functional groups attached to an aromatic ring is 1. The van der Waals surface area contributed by atoms with Gasteiger partial charge in [0.05, 0.1) is 5.69 Å². The molecular weight excluding hydrogens is 316 g/mol. The van der Waals surface area contributed by atoms with E-state index in [2.05, 4.69) is 9.97 Å². The first-order valence-electron chi connectivity index (χ1n) is 7.36. The first-order valence-corrected chi connectivity index (χ1v) is 8.24. The van der Waals surface area contributed by atoms with Crippen molar-refractivity contribution in [1.82, 2.24) is 19.4 Å². The third-order valence-corrected chi connectivity index (χ3v) is 4.57. The molecule has 0 fully saturated rings. The number of amides is 2. The van der Waals surface area contributed by atoms with E-state index in [4.69, 9.17) is 11.5 Å². The molecule has 1 aliphatic rings. The molecule has 3 rings (SSSR count). The van der Waals surface area contributed by atoms with Crippen molar-refractivity contribution in [3.05, 3.63) is 28.8 Å². The summed E-state index contributed by atoms with van der Waals surface area (Å²) in [5.74, 6) is 0.361. The number of fused-ring (bicyclic) bond motifs is 1. The molecule has 122 valence electrons. The molecular formula is C14H18N6O2S. The number of imidazole rings is 1. The van der Waals surface area contributed by atoms with Crippen LogP contribution in [0, 0.1) is 0 Å². The maximum Gasteiger partial charge on any atom is 0.268 e. The Morgan fingerprint density at radius 2 is 2.09 bits per heavy atom. The number of anilines is 1. The van der Waals surface area contributed by atoms with Crippen LogP contribution in [0.5, 0.6) is 0 Å². The van der Waals surface area contributed by atoms with Crippen molar-refractivity contribution in [1.29, 1.82) is 0 Å². The third kappa shape index (κ3) is 3.50. The Labute approximate surface area is 137 Å². The Hall–Kier alpha value is -2.42. The first kappa shape index (κ1) is 15.5.